The van der Waals surface area contributed by atoms with E-state index in [0.717, 1.165) is 17.6 Å². The third kappa shape index (κ3) is 4.39. The topological polar surface area (TPSA) is 51.5 Å². The number of amides is 1. The van der Waals surface area contributed by atoms with Crippen molar-refractivity contribution >= 4 is 5.91 Å². The second-order valence-corrected chi connectivity index (χ2v) is 11.5. The first kappa shape index (κ1) is 22.5. The largest absolute Gasteiger partial charge is 0.486 e. The molecule has 1 N–H and O–H groups in total. The molecule has 0 saturated heterocycles. The molecule has 2 aromatic carbocycles. The SMILES string of the molecule is CC(C)(c1ccccc1)c1ccc(OCc2ccc(C(=O)NC3C4CC5CC(C4)CC3C5)o2)cc1. The molecular formula is C31H35NO3. The number of carbonyl (C=O) groups excluding carboxylic acids is 1. The Kier molecular flexibility index (Phi) is 5.70. The highest BCUT2D eigenvalue weighted by molar-refractivity contribution is 5.91. The second-order valence-electron chi connectivity index (χ2n) is 11.5. The highest BCUT2D eigenvalue weighted by atomic mass is 16.5. The summed E-state index contributed by atoms with van der Waals surface area (Å²) in [6, 6.07) is 22.7. The predicted molar refractivity (Wildman–Crippen MR) is 136 cm³/mol. The lowest BCUT2D eigenvalue weighted by Gasteiger charge is -2.54. The fourth-order valence-corrected chi connectivity index (χ4v) is 7.10. The Balaban J connectivity index is 1.05. The van der Waals surface area contributed by atoms with Crippen molar-refractivity contribution in [3.63, 3.8) is 0 Å². The molecule has 1 aromatic heterocycles. The lowest BCUT2D eigenvalue weighted by atomic mass is 9.54. The van der Waals surface area contributed by atoms with E-state index >= 15 is 0 Å². The van der Waals surface area contributed by atoms with Gasteiger partial charge in [-0.15, -0.1) is 0 Å². The van der Waals surface area contributed by atoms with Crippen molar-refractivity contribution in [1.29, 1.82) is 0 Å². The Bertz CT molecular complexity index is 1150. The van der Waals surface area contributed by atoms with Crippen LogP contribution in [0.4, 0.5) is 0 Å². The molecule has 182 valence electrons. The first-order valence-corrected chi connectivity index (χ1v) is 13.1. The van der Waals surface area contributed by atoms with Crippen LogP contribution in [-0.2, 0) is 12.0 Å². The molecule has 1 heterocycles. The van der Waals surface area contributed by atoms with E-state index in [1.54, 1.807) is 6.07 Å². The van der Waals surface area contributed by atoms with Gasteiger partial charge in [0, 0.05) is 11.5 Å². The van der Waals surface area contributed by atoms with Crippen molar-refractivity contribution in [2.24, 2.45) is 23.7 Å². The number of hydrogen-bond donors (Lipinski definition) is 1. The molecule has 4 nitrogen and oxygen atoms in total. The molecule has 35 heavy (non-hydrogen) atoms. The van der Waals surface area contributed by atoms with Crippen molar-refractivity contribution in [3.8, 4) is 5.75 Å². The summed E-state index contributed by atoms with van der Waals surface area (Å²) in [7, 11) is 0. The van der Waals surface area contributed by atoms with Gasteiger partial charge in [0.1, 0.15) is 18.1 Å². The van der Waals surface area contributed by atoms with Crippen LogP contribution in [0.25, 0.3) is 0 Å². The standard InChI is InChI=1S/C31H35NO3/c1-31(2,24-6-4-3-5-7-24)25-8-10-26(11-9-25)34-19-27-12-13-28(35-27)30(33)32-29-22-15-20-14-21(17-22)18-23(29)16-20/h3-13,20-23,29H,14-19H2,1-2H3,(H,32,33). The average Bonchev–Trinajstić information content (AvgIpc) is 3.35. The summed E-state index contributed by atoms with van der Waals surface area (Å²) >= 11 is 0. The quantitative estimate of drug-likeness (QED) is 0.417. The van der Waals surface area contributed by atoms with Gasteiger partial charge >= 0.3 is 0 Å². The van der Waals surface area contributed by atoms with Gasteiger partial charge in [0.15, 0.2) is 5.76 Å². The van der Waals surface area contributed by atoms with E-state index in [1.165, 1.54) is 43.2 Å². The number of ether oxygens (including phenoxy) is 1. The van der Waals surface area contributed by atoms with Gasteiger partial charge in [-0.3, -0.25) is 4.79 Å². The third-order valence-electron chi connectivity index (χ3n) is 8.86. The van der Waals surface area contributed by atoms with E-state index < -0.39 is 0 Å². The Hall–Kier alpha value is -3.01. The molecule has 4 fully saturated rings. The van der Waals surface area contributed by atoms with Gasteiger partial charge in [0.25, 0.3) is 5.91 Å². The first-order valence-electron chi connectivity index (χ1n) is 13.1. The molecule has 4 aliphatic carbocycles. The van der Waals surface area contributed by atoms with Crippen LogP contribution in [0.3, 0.4) is 0 Å². The van der Waals surface area contributed by atoms with E-state index in [0.29, 0.717) is 36.0 Å². The summed E-state index contributed by atoms with van der Waals surface area (Å²) in [5.41, 5.74) is 2.43. The molecule has 0 atom stereocenters. The maximum absolute atomic E-state index is 12.9. The monoisotopic (exact) mass is 469 g/mol. The number of hydrogen-bond acceptors (Lipinski definition) is 3. The molecule has 4 aliphatic rings. The summed E-state index contributed by atoms with van der Waals surface area (Å²) in [6.07, 6.45) is 6.57. The van der Waals surface area contributed by atoms with Crippen LogP contribution >= 0.6 is 0 Å². The van der Waals surface area contributed by atoms with Crippen molar-refractivity contribution in [2.45, 2.75) is 64.0 Å². The van der Waals surface area contributed by atoms with E-state index in [2.05, 4.69) is 55.6 Å². The van der Waals surface area contributed by atoms with Gasteiger partial charge in [-0.2, -0.15) is 0 Å². The Morgan fingerprint density at radius 1 is 0.857 bits per heavy atom. The zero-order valence-electron chi connectivity index (χ0n) is 20.7. The third-order valence-corrected chi connectivity index (χ3v) is 8.86. The minimum absolute atomic E-state index is 0.0822. The lowest BCUT2D eigenvalue weighted by molar-refractivity contribution is -0.0123. The van der Waals surface area contributed by atoms with Crippen molar-refractivity contribution in [2.75, 3.05) is 0 Å². The molecule has 1 amide bonds. The van der Waals surface area contributed by atoms with Crippen LogP contribution in [-0.4, -0.2) is 11.9 Å². The van der Waals surface area contributed by atoms with Crippen LogP contribution in [0, 0.1) is 23.7 Å². The van der Waals surface area contributed by atoms with Crippen LogP contribution < -0.4 is 10.1 Å². The zero-order valence-corrected chi connectivity index (χ0v) is 20.7. The molecule has 0 unspecified atom stereocenters. The van der Waals surface area contributed by atoms with Gasteiger partial charge in [-0.05, 0) is 91.2 Å². The molecule has 0 radical (unpaired) electrons. The van der Waals surface area contributed by atoms with Gasteiger partial charge in [0.05, 0.1) is 0 Å². The number of nitrogens with one attached hydrogen (secondary N) is 1. The molecule has 0 aliphatic heterocycles. The molecule has 3 aromatic rings. The number of carbonyl (C=O) groups is 1. The van der Waals surface area contributed by atoms with Crippen molar-refractivity contribution in [3.05, 3.63) is 89.4 Å². The number of furan rings is 1. The molecule has 4 bridgehead atoms. The highest BCUT2D eigenvalue weighted by Gasteiger charge is 2.48. The van der Waals surface area contributed by atoms with Gasteiger partial charge in [-0.1, -0.05) is 56.3 Å². The predicted octanol–water partition coefficient (Wildman–Crippen LogP) is 6.74. The van der Waals surface area contributed by atoms with E-state index in [-0.39, 0.29) is 11.3 Å². The summed E-state index contributed by atoms with van der Waals surface area (Å²) in [6.45, 7) is 4.76. The van der Waals surface area contributed by atoms with Crippen molar-refractivity contribution in [1.82, 2.24) is 5.32 Å². The minimum atomic E-state index is -0.0830. The Morgan fingerprint density at radius 2 is 1.49 bits per heavy atom. The molecule has 4 saturated carbocycles. The van der Waals surface area contributed by atoms with Crippen LogP contribution in [0.5, 0.6) is 5.75 Å². The fourth-order valence-electron chi connectivity index (χ4n) is 7.10. The molecule has 4 heteroatoms. The average molecular weight is 470 g/mol. The number of rotatable bonds is 7. The van der Waals surface area contributed by atoms with Gasteiger partial charge in [0.2, 0.25) is 0 Å². The summed E-state index contributed by atoms with van der Waals surface area (Å²) < 4.78 is 11.8. The Morgan fingerprint density at radius 3 is 2.14 bits per heavy atom. The van der Waals surface area contributed by atoms with Gasteiger partial charge in [-0.25, -0.2) is 0 Å². The molecular weight excluding hydrogens is 434 g/mol. The zero-order chi connectivity index (χ0) is 24.0. The summed E-state index contributed by atoms with van der Waals surface area (Å²) in [5.74, 6) is 4.86. The van der Waals surface area contributed by atoms with Crippen LogP contribution in [0.15, 0.2) is 71.1 Å². The maximum Gasteiger partial charge on any atom is 0.287 e. The molecule has 0 spiro atoms. The Labute approximate surface area is 208 Å². The fraction of sp³-hybridized carbons (Fsp3) is 0.452. The van der Waals surface area contributed by atoms with E-state index in [1.807, 2.05) is 24.3 Å². The molecule has 7 rings (SSSR count). The summed E-state index contributed by atoms with van der Waals surface area (Å²) in [5, 5.41) is 3.33. The van der Waals surface area contributed by atoms with Crippen molar-refractivity contribution < 1.29 is 13.9 Å². The van der Waals surface area contributed by atoms with Crippen LogP contribution in [0.1, 0.15) is 73.4 Å². The first-order chi connectivity index (χ1) is 17.0. The van der Waals surface area contributed by atoms with E-state index in [4.69, 9.17) is 9.15 Å². The number of benzene rings is 2. The maximum atomic E-state index is 12.9. The second kappa shape index (κ2) is 8.89. The lowest BCUT2D eigenvalue weighted by Crippen LogP contribution is -2.55. The smallest absolute Gasteiger partial charge is 0.287 e. The minimum Gasteiger partial charge on any atom is -0.486 e. The normalized spacial score (nSPS) is 27.1. The highest BCUT2D eigenvalue weighted by Crippen LogP contribution is 2.53. The summed E-state index contributed by atoms with van der Waals surface area (Å²) in [4.78, 5) is 12.9. The van der Waals surface area contributed by atoms with Gasteiger partial charge < -0.3 is 14.5 Å². The van der Waals surface area contributed by atoms with E-state index in [9.17, 15) is 4.79 Å². The van der Waals surface area contributed by atoms with Crippen LogP contribution in [0.2, 0.25) is 0 Å².